The molecule has 1 aliphatic rings. The third-order valence-electron chi connectivity index (χ3n) is 4.98. The van der Waals surface area contributed by atoms with E-state index < -0.39 is 5.92 Å². The van der Waals surface area contributed by atoms with Gasteiger partial charge in [0.05, 0.1) is 11.4 Å². The molecule has 0 saturated carbocycles. The van der Waals surface area contributed by atoms with Crippen LogP contribution in [0, 0.1) is 5.92 Å². The Kier molecular flexibility index (Phi) is 8.52. The zero-order valence-corrected chi connectivity index (χ0v) is 16.2. The third kappa shape index (κ3) is 5.79. The number of hydrazone groups is 1. The van der Waals surface area contributed by atoms with Gasteiger partial charge in [-0.3, -0.25) is 9.59 Å². The molecule has 0 saturated heterocycles. The molecule has 4 nitrogen and oxygen atoms in total. The number of carbonyl (C=O) groups is 2. The Morgan fingerprint density at radius 3 is 2.15 bits per heavy atom. The lowest BCUT2D eigenvalue weighted by molar-refractivity contribution is -0.129. The molecule has 0 spiro atoms. The van der Waals surface area contributed by atoms with Crippen molar-refractivity contribution in [3.63, 3.8) is 0 Å². The van der Waals surface area contributed by atoms with Gasteiger partial charge in [-0.05, 0) is 25.5 Å². The quantitative estimate of drug-likeness (QED) is 0.366. The Balaban J connectivity index is 1.70. The molecule has 1 aromatic rings. The van der Waals surface area contributed by atoms with Crippen LogP contribution in [0.2, 0.25) is 0 Å². The molecule has 1 amide bonds. The number of carbonyl (C=O) groups excluding carboxylic acids is 2. The minimum Gasteiger partial charge on any atom is -0.298 e. The van der Waals surface area contributed by atoms with Crippen LogP contribution in [-0.2, 0) is 9.59 Å². The fourth-order valence-corrected chi connectivity index (χ4v) is 3.44. The number of benzene rings is 1. The highest BCUT2D eigenvalue weighted by Gasteiger charge is 2.38. The summed E-state index contributed by atoms with van der Waals surface area (Å²) in [6, 6.07) is 9.30. The molecule has 26 heavy (non-hydrogen) atoms. The van der Waals surface area contributed by atoms with Crippen LogP contribution in [0.15, 0.2) is 35.4 Å². The van der Waals surface area contributed by atoms with E-state index in [2.05, 4.69) is 12.0 Å². The highest BCUT2D eigenvalue weighted by Crippen LogP contribution is 2.25. The van der Waals surface area contributed by atoms with E-state index in [1.54, 1.807) is 6.92 Å². The summed E-state index contributed by atoms with van der Waals surface area (Å²) < 4.78 is 0. The summed E-state index contributed by atoms with van der Waals surface area (Å²) in [5, 5.41) is 5.68. The lowest BCUT2D eigenvalue weighted by Gasteiger charge is -2.13. The molecule has 1 aliphatic heterocycles. The first-order chi connectivity index (χ1) is 12.6. The second-order valence-corrected chi connectivity index (χ2v) is 7.20. The fourth-order valence-electron chi connectivity index (χ4n) is 3.44. The smallest absolute Gasteiger partial charge is 0.263 e. The standard InChI is InChI=1S/C22H32N2O2/c1-3-4-5-6-7-8-9-10-14-17-20(25)21-18(2)23-24(22(21)26)19-15-12-11-13-16-19/h11-13,15-16,21H,3-10,14,17H2,1-2H3/t21-/m0/s1. The Bertz CT molecular complexity index is 610. The van der Waals surface area contributed by atoms with E-state index in [-0.39, 0.29) is 11.7 Å². The van der Waals surface area contributed by atoms with Gasteiger partial charge in [-0.1, -0.05) is 76.5 Å². The summed E-state index contributed by atoms with van der Waals surface area (Å²) in [6.07, 6.45) is 11.4. The van der Waals surface area contributed by atoms with Crippen LogP contribution in [0.25, 0.3) is 0 Å². The number of hydrogen-bond donors (Lipinski definition) is 0. The molecule has 0 N–H and O–H groups in total. The molecular weight excluding hydrogens is 324 g/mol. The summed E-state index contributed by atoms with van der Waals surface area (Å²) in [5.41, 5.74) is 1.33. The fraction of sp³-hybridized carbons (Fsp3) is 0.591. The molecule has 0 aromatic heterocycles. The van der Waals surface area contributed by atoms with Crippen molar-refractivity contribution in [1.82, 2.24) is 0 Å². The van der Waals surface area contributed by atoms with E-state index in [0.717, 1.165) is 18.5 Å². The molecule has 0 bridgehead atoms. The number of Topliss-reactive ketones (excluding diaryl/α,β-unsaturated/α-hetero) is 1. The lowest BCUT2D eigenvalue weighted by atomic mass is 9.94. The van der Waals surface area contributed by atoms with Crippen molar-refractivity contribution in [1.29, 1.82) is 0 Å². The maximum absolute atomic E-state index is 12.6. The Hall–Kier alpha value is -1.97. The molecule has 2 rings (SSSR count). The van der Waals surface area contributed by atoms with E-state index in [0.29, 0.717) is 12.1 Å². The molecule has 0 unspecified atom stereocenters. The molecule has 0 fully saturated rings. The number of amides is 1. The van der Waals surface area contributed by atoms with E-state index in [1.807, 2.05) is 30.3 Å². The molecule has 0 aliphatic carbocycles. The van der Waals surface area contributed by atoms with Crippen LogP contribution >= 0.6 is 0 Å². The van der Waals surface area contributed by atoms with Crippen molar-refractivity contribution in [2.24, 2.45) is 11.0 Å². The van der Waals surface area contributed by atoms with Crippen molar-refractivity contribution in [3.8, 4) is 0 Å². The van der Waals surface area contributed by atoms with Gasteiger partial charge in [-0.25, -0.2) is 0 Å². The van der Waals surface area contributed by atoms with Gasteiger partial charge in [0.15, 0.2) is 5.78 Å². The minimum absolute atomic E-state index is 0.0117. The van der Waals surface area contributed by atoms with Gasteiger partial charge >= 0.3 is 0 Å². The Labute approximate surface area is 157 Å². The van der Waals surface area contributed by atoms with E-state index in [1.165, 1.54) is 50.0 Å². The van der Waals surface area contributed by atoms with Crippen molar-refractivity contribution in [3.05, 3.63) is 30.3 Å². The average molecular weight is 357 g/mol. The SMILES string of the molecule is CCCCCCCCCCCC(=O)[C@H]1C(=O)N(c2ccccc2)N=C1C. The van der Waals surface area contributed by atoms with Gasteiger partial charge < -0.3 is 0 Å². The van der Waals surface area contributed by atoms with E-state index in [9.17, 15) is 9.59 Å². The predicted octanol–water partition coefficient (Wildman–Crippen LogP) is 5.52. The van der Waals surface area contributed by atoms with Crippen LogP contribution < -0.4 is 5.01 Å². The van der Waals surface area contributed by atoms with Crippen molar-refractivity contribution < 1.29 is 9.59 Å². The number of para-hydroxylation sites is 1. The van der Waals surface area contributed by atoms with E-state index in [4.69, 9.17) is 0 Å². The van der Waals surface area contributed by atoms with Crippen LogP contribution in [0.3, 0.4) is 0 Å². The first kappa shape index (κ1) is 20.3. The summed E-state index contributed by atoms with van der Waals surface area (Å²) in [6.45, 7) is 4.01. The Morgan fingerprint density at radius 1 is 0.962 bits per heavy atom. The maximum Gasteiger partial charge on any atom is 0.263 e. The van der Waals surface area contributed by atoms with Crippen LogP contribution in [0.4, 0.5) is 5.69 Å². The summed E-state index contributed by atoms with van der Waals surface area (Å²) >= 11 is 0. The monoisotopic (exact) mass is 356 g/mol. The van der Waals surface area contributed by atoms with Crippen molar-refractivity contribution in [2.75, 3.05) is 5.01 Å². The summed E-state index contributed by atoms with van der Waals surface area (Å²) in [7, 11) is 0. The van der Waals surface area contributed by atoms with Gasteiger partial charge in [0.1, 0.15) is 5.92 Å². The maximum atomic E-state index is 12.6. The topological polar surface area (TPSA) is 49.7 Å². The number of anilines is 1. The zero-order valence-electron chi connectivity index (χ0n) is 16.2. The molecule has 1 heterocycles. The van der Waals surface area contributed by atoms with Gasteiger partial charge in [0, 0.05) is 6.42 Å². The van der Waals surface area contributed by atoms with Crippen molar-refractivity contribution >= 4 is 23.1 Å². The van der Waals surface area contributed by atoms with Gasteiger partial charge in [0.2, 0.25) is 0 Å². The molecule has 0 radical (unpaired) electrons. The van der Waals surface area contributed by atoms with Gasteiger partial charge in [-0.2, -0.15) is 10.1 Å². The largest absolute Gasteiger partial charge is 0.298 e. The van der Waals surface area contributed by atoms with Crippen LogP contribution in [0.1, 0.15) is 78.1 Å². The number of rotatable bonds is 12. The van der Waals surface area contributed by atoms with Gasteiger partial charge in [0.25, 0.3) is 5.91 Å². The second-order valence-electron chi connectivity index (χ2n) is 7.20. The molecular formula is C22H32N2O2. The first-order valence-corrected chi connectivity index (χ1v) is 10.1. The molecule has 142 valence electrons. The minimum atomic E-state index is -0.691. The first-order valence-electron chi connectivity index (χ1n) is 10.1. The number of nitrogens with zero attached hydrogens (tertiary/aromatic N) is 2. The van der Waals surface area contributed by atoms with E-state index >= 15 is 0 Å². The average Bonchev–Trinajstić information content (AvgIpc) is 2.95. The van der Waals surface area contributed by atoms with Crippen LogP contribution in [-0.4, -0.2) is 17.4 Å². The number of ketones is 1. The molecule has 4 heteroatoms. The summed E-state index contributed by atoms with van der Waals surface area (Å²) in [5.74, 6) is -0.892. The molecule has 1 aromatic carbocycles. The van der Waals surface area contributed by atoms with Crippen molar-refractivity contribution in [2.45, 2.75) is 78.1 Å². The van der Waals surface area contributed by atoms with Crippen LogP contribution in [0.5, 0.6) is 0 Å². The number of unbranched alkanes of at least 4 members (excludes halogenated alkanes) is 8. The zero-order chi connectivity index (χ0) is 18.8. The predicted molar refractivity (Wildman–Crippen MR) is 107 cm³/mol. The van der Waals surface area contributed by atoms with Gasteiger partial charge in [-0.15, -0.1) is 0 Å². The second kappa shape index (κ2) is 10.9. The Morgan fingerprint density at radius 2 is 1.54 bits per heavy atom. The molecule has 1 atom stereocenters. The highest BCUT2D eigenvalue weighted by atomic mass is 16.2. The summed E-state index contributed by atoms with van der Waals surface area (Å²) in [4.78, 5) is 25.1. The normalized spacial score (nSPS) is 16.8. The number of hydrogen-bond acceptors (Lipinski definition) is 3. The highest BCUT2D eigenvalue weighted by molar-refractivity contribution is 6.26. The third-order valence-corrected chi connectivity index (χ3v) is 4.98. The lowest BCUT2D eigenvalue weighted by Crippen LogP contribution is -2.32.